The first-order valence-corrected chi connectivity index (χ1v) is 10.9. The van der Waals surface area contributed by atoms with Gasteiger partial charge >= 0.3 is 12.4 Å². The van der Waals surface area contributed by atoms with E-state index in [1.54, 1.807) is 6.92 Å². The quantitative estimate of drug-likeness (QED) is 0.403. The molecule has 6 nitrogen and oxygen atoms in total. The van der Waals surface area contributed by atoms with Gasteiger partial charge in [0.05, 0.1) is 29.2 Å². The SMILES string of the molecule is CC(NC(=O)c1cc(C2CC2)cc(C(F)(F)F)c1)c1nccnc1-c1ccc(OCC(F)(F)F)cn1. The molecule has 36 heavy (non-hydrogen) atoms. The maximum Gasteiger partial charge on any atom is 0.422 e. The first-order valence-electron chi connectivity index (χ1n) is 10.9. The van der Waals surface area contributed by atoms with E-state index in [0.29, 0.717) is 5.56 Å². The van der Waals surface area contributed by atoms with Gasteiger partial charge in [-0.15, -0.1) is 0 Å². The highest BCUT2D eigenvalue weighted by Crippen LogP contribution is 2.42. The molecule has 0 bridgehead atoms. The number of benzene rings is 1. The number of rotatable bonds is 7. The van der Waals surface area contributed by atoms with Crippen LogP contribution in [0.1, 0.15) is 58.9 Å². The molecule has 2 aromatic heterocycles. The summed E-state index contributed by atoms with van der Waals surface area (Å²) in [6.45, 7) is 0.118. The highest BCUT2D eigenvalue weighted by Gasteiger charge is 2.34. The average molecular weight is 510 g/mol. The van der Waals surface area contributed by atoms with E-state index in [4.69, 9.17) is 0 Å². The molecule has 0 aliphatic heterocycles. The second-order valence-electron chi connectivity index (χ2n) is 8.38. The van der Waals surface area contributed by atoms with Gasteiger partial charge in [-0.3, -0.25) is 19.7 Å². The summed E-state index contributed by atoms with van der Waals surface area (Å²) in [5, 5.41) is 2.65. The van der Waals surface area contributed by atoms with Crippen molar-refractivity contribution in [2.45, 2.75) is 44.1 Å². The third-order valence-corrected chi connectivity index (χ3v) is 5.46. The summed E-state index contributed by atoms with van der Waals surface area (Å²) in [5.41, 5.74) is 0.246. The Kier molecular flexibility index (Phi) is 6.87. The Morgan fingerprint density at radius 3 is 2.39 bits per heavy atom. The number of nitrogens with one attached hydrogen (secondary N) is 1. The van der Waals surface area contributed by atoms with Crippen molar-refractivity contribution in [2.24, 2.45) is 0 Å². The molecule has 1 atom stereocenters. The predicted molar refractivity (Wildman–Crippen MR) is 116 cm³/mol. The van der Waals surface area contributed by atoms with E-state index in [1.807, 2.05) is 0 Å². The summed E-state index contributed by atoms with van der Waals surface area (Å²) >= 11 is 0. The lowest BCUT2D eigenvalue weighted by Crippen LogP contribution is -2.28. The zero-order valence-electron chi connectivity index (χ0n) is 18.8. The maximum absolute atomic E-state index is 13.4. The van der Waals surface area contributed by atoms with Crippen molar-refractivity contribution < 1.29 is 35.9 Å². The Morgan fingerprint density at radius 1 is 1.06 bits per heavy atom. The van der Waals surface area contributed by atoms with E-state index in [0.717, 1.165) is 31.2 Å². The van der Waals surface area contributed by atoms with E-state index in [1.165, 1.54) is 30.6 Å². The molecular weight excluding hydrogens is 490 g/mol. The Labute approximate surface area is 201 Å². The van der Waals surface area contributed by atoms with E-state index in [2.05, 4.69) is 25.0 Å². The second kappa shape index (κ2) is 9.75. The van der Waals surface area contributed by atoms with Crippen molar-refractivity contribution in [2.75, 3.05) is 6.61 Å². The summed E-state index contributed by atoms with van der Waals surface area (Å²) in [5.74, 6) is -0.799. The fourth-order valence-electron chi connectivity index (χ4n) is 3.58. The van der Waals surface area contributed by atoms with E-state index >= 15 is 0 Å². The first kappa shape index (κ1) is 25.4. The standard InChI is InChI=1S/C24H20F6N4O2/c1-13(34-22(35)16-8-15(14-2-3-14)9-17(10-16)24(28,29)30)20-21(32-7-6-31-20)19-5-4-18(11-33-19)36-12-23(25,26)27/h4-11,13-14H,2-3,12H2,1H3,(H,34,35). The monoisotopic (exact) mass is 510 g/mol. The van der Waals surface area contributed by atoms with Crippen molar-refractivity contribution in [1.82, 2.24) is 20.3 Å². The van der Waals surface area contributed by atoms with Gasteiger partial charge in [-0.2, -0.15) is 26.3 Å². The second-order valence-corrected chi connectivity index (χ2v) is 8.38. The zero-order chi connectivity index (χ0) is 26.1. The van der Waals surface area contributed by atoms with Crippen LogP contribution in [0.3, 0.4) is 0 Å². The molecule has 190 valence electrons. The zero-order valence-corrected chi connectivity index (χ0v) is 18.8. The number of carbonyl (C=O) groups excluding carboxylic acids is 1. The normalized spacial score (nSPS) is 14.9. The number of halogens is 6. The summed E-state index contributed by atoms with van der Waals surface area (Å²) in [7, 11) is 0. The summed E-state index contributed by atoms with van der Waals surface area (Å²) < 4.78 is 81.8. The number of aromatic nitrogens is 3. The number of hydrogen-bond donors (Lipinski definition) is 1. The number of nitrogens with zero attached hydrogens (tertiary/aromatic N) is 3. The molecule has 12 heteroatoms. The minimum atomic E-state index is -4.59. The molecule has 1 amide bonds. The van der Waals surface area contributed by atoms with Crippen LogP contribution >= 0.6 is 0 Å². The van der Waals surface area contributed by atoms with Crippen LogP contribution in [-0.4, -0.2) is 33.6 Å². The molecule has 2 heterocycles. The predicted octanol–water partition coefficient (Wildman–Crippen LogP) is 5.87. The minimum absolute atomic E-state index is 0.0111. The maximum atomic E-state index is 13.4. The number of alkyl halides is 6. The molecule has 4 rings (SSSR count). The van der Waals surface area contributed by atoms with Crippen LogP contribution in [0.5, 0.6) is 5.75 Å². The molecule has 1 aromatic carbocycles. The smallest absolute Gasteiger partial charge is 0.422 e. The molecule has 1 N–H and O–H groups in total. The van der Waals surface area contributed by atoms with Crippen LogP contribution < -0.4 is 10.1 Å². The molecule has 0 saturated heterocycles. The molecular formula is C24H20F6N4O2. The first-order chi connectivity index (χ1) is 16.9. The molecule has 1 saturated carbocycles. The van der Waals surface area contributed by atoms with Gasteiger partial charge < -0.3 is 10.1 Å². The van der Waals surface area contributed by atoms with Crippen molar-refractivity contribution in [3.05, 3.63) is 71.3 Å². The van der Waals surface area contributed by atoms with Crippen LogP contribution in [0.2, 0.25) is 0 Å². The van der Waals surface area contributed by atoms with Crippen LogP contribution in [0.15, 0.2) is 48.9 Å². The lowest BCUT2D eigenvalue weighted by Gasteiger charge is -2.17. The Morgan fingerprint density at radius 2 is 1.78 bits per heavy atom. The fraction of sp³-hybridized carbons (Fsp3) is 0.333. The van der Waals surface area contributed by atoms with Gasteiger partial charge in [0.2, 0.25) is 0 Å². The summed E-state index contributed by atoms with van der Waals surface area (Å²) in [4.78, 5) is 25.4. The van der Waals surface area contributed by atoms with Gasteiger partial charge in [0.1, 0.15) is 11.4 Å². The molecule has 1 aliphatic rings. The van der Waals surface area contributed by atoms with Crippen molar-refractivity contribution in [3.63, 3.8) is 0 Å². The van der Waals surface area contributed by atoms with Crippen LogP contribution in [-0.2, 0) is 6.18 Å². The van der Waals surface area contributed by atoms with Crippen LogP contribution in [0.25, 0.3) is 11.4 Å². The lowest BCUT2D eigenvalue weighted by molar-refractivity contribution is -0.153. The van der Waals surface area contributed by atoms with Gasteiger partial charge in [-0.1, -0.05) is 0 Å². The molecule has 1 unspecified atom stereocenters. The number of carbonyl (C=O) groups is 1. The van der Waals surface area contributed by atoms with Crippen molar-refractivity contribution in [3.8, 4) is 17.1 Å². The van der Waals surface area contributed by atoms with E-state index < -0.39 is 36.5 Å². The van der Waals surface area contributed by atoms with Gasteiger partial charge in [-0.05, 0) is 61.6 Å². The summed E-state index contributed by atoms with van der Waals surface area (Å²) in [6.07, 6.45) is -3.70. The highest BCUT2D eigenvalue weighted by molar-refractivity contribution is 5.95. The van der Waals surface area contributed by atoms with E-state index in [-0.39, 0.29) is 34.3 Å². The Bertz CT molecular complexity index is 1240. The van der Waals surface area contributed by atoms with Gasteiger partial charge in [0.25, 0.3) is 5.91 Å². The molecule has 0 spiro atoms. The van der Waals surface area contributed by atoms with Gasteiger partial charge in [0, 0.05) is 18.0 Å². The lowest BCUT2D eigenvalue weighted by atomic mass is 10.0. The van der Waals surface area contributed by atoms with Gasteiger partial charge in [0.15, 0.2) is 6.61 Å². The van der Waals surface area contributed by atoms with Crippen molar-refractivity contribution in [1.29, 1.82) is 0 Å². The van der Waals surface area contributed by atoms with Crippen LogP contribution in [0, 0.1) is 0 Å². The third kappa shape index (κ3) is 6.29. The topological polar surface area (TPSA) is 77.0 Å². The largest absolute Gasteiger partial charge is 0.483 e. The number of amides is 1. The third-order valence-electron chi connectivity index (χ3n) is 5.46. The molecule has 1 fully saturated rings. The fourth-order valence-corrected chi connectivity index (χ4v) is 3.58. The Hall–Kier alpha value is -3.70. The number of ether oxygens (including phenoxy) is 1. The molecule has 1 aliphatic carbocycles. The van der Waals surface area contributed by atoms with E-state index in [9.17, 15) is 31.1 Å². The molecule has 0 radical (unpaired) electrons. The van der Waals surface area contributed by atoms with Gasteiger partial charge in [-0.25, -0.2) is 0 Å². The van der Waals surface area contributed by atoms with Crippen molar-refractivity contribution >= 4 is 5.91 Å². The number of hydrogen-bond acceptors (Lipinski definition) is 5. The highest BCUT2D eigenvalue weighted by atomic mass is 19.4. The minimum Gasteiger partial charge on any atom is -0.483 e. The van der Waals surface area contributed by atoms with Crippen LogP contribution in [0.4, 0.5) is 26.3 Å². The summed E-state index contributed by atoms with van der Waals surface area (Å²) in [6, 6.07) is 5.26. The average Bonchev–Trinajstić information content (AvgIpc) is 3.67. The number of pyridine rings is 1. The Balaban J connectivity index is 1.54. The molecule has 3 aromatic rings.